The van der Waals surface area contributed by atoms with E-state index in [-0.39, 0.29) is 31.2 Å². The predicted molar refractivity (Wildman–Crippen MR) is 146 cm³/mol. The van der Waals surface area contributed by atoms with Gasteiger partial charge in [-0.15, -0.1) is 0 Å². The van der Waals surface area contributed by atoms with E-state index in [1.54, 1.807) is 12.1 Å². The lowest BCUT2D eigenvalue weighted by molar-refractivity contribution is 0.214. The van der Waals surface area contributed by atoms with Crippen molar-refractivity contribution in [3.63, 3.8) is 0 Å². The number of halogens is 1. The van der Waals surface area contributed by atoms with Gasteiger partial charge in [0.2, 0.25) is 0 Å². The molecule has 6 heteroatoms. The summed E-state index contributed by atoms with van der Waals surface area (Å²) in [6, 6.07) is 26.9. The number of benzene rings is 3. The highest BCUT2D eigenvalue weighted by molar-refractivity contribution is 7.52. The Hall–Kier alpha value is -2.98. The van der Waals surface area contributed by atoms with Crippen molar-refractivity contribution in [1.82, 2.24) is 4.57 Å². The van der Waals surface area contributed by atoms with Crippen molar-refractivity contribution < 1.29 is 18.0 Å². The van der Waals surface area contributed by atoms with E-state index in [1.165, 1.54) is 12.1 Å². The van der Waals surface area contributed by atoms with E-state index in [0.717, 1.165) is 39.2 Å². The lowest BCUT2D eigenvalue weighted by Crippen LogP contribution is -2.11. The molecule has 188 valence electrons. The Bertz CT molecular complexity index is 1320. The summed E-state index contributed by atoms with van der Waals surface area (Å²) < 4.78 is 41.4. The third kappa shape index (κ3) is 5.39. The predicted octanol–water partition coefficient (Wildman–Crippen LogP) is 8.98. The van der Waals surface area contributed by atoms with E-state index in [0.29, 0.717) is 0 Å². The number of hydrogen-bond donors (Lipinski definition) is 0. The Morgan fingerprint density at radius 1 is 0.750 bits per heavy atom. The largest absolute Gasteiger partial charge is 0.350 e. The van der Waals surface area contributed by atoms with Crippen LogP contribution in [0.15, 0.2) is 84.9 Å². The summed E-state index contributed by atoms with van der Waals surface area (Å²) in [5.41, 5.74) is 6.89. The Kier molecular flexibility index (Phi) is 8.25. The first-order chi connectivity index (χ1) is 17.4. The van der Waals surface area contributed by atoms with Crippen molar-refractivity contribution in [2.75, 3.05) is 13.2 Å². The highest BCUT2D eigenvalue weighted by Gasteiger charge is 2.33. The van der Waals surface area contributed by atoms with Crippen LogP contribution in [0.2, 0.25) is 0 Å². The third-order valence-corrected chi connectivity index (χ3v) is 7.99. The average Bonchev–Trinajstić information content (AvgIpc) is 3.20. The van der Waals surface area contributed by atoms with Crippen LogP contribution in [0.1, 0.15) is 39.3 Å². The van der Waals surface area contributed by atoms with Crippen molar-refractivity contribution in [2.45, 2.75) is 39.9 Å². The van der Waals surface area contributed by atoms with Gasteiger partial charge in [0.15, 0.2) is 0 Å². The van der Waals surface area contributed by atoms with Gasteiger partial charge in [0, 0.05) is 16.8 Å². The first-order valence-electron chi connectivity index (χ1n) is 12.4. The minimum Gasteiger partial charge on any atom is -0.331 e. The first kappa shape index (κ1) is 26.1. The van der Waals surface area contributed by atoms with Gasteiger partial charge in [-0.05, 0) is 60.7 Å². The fourth-order valence-electron chi connectivity index (χ4n) is 4.76. The van der Waals surface area contributed by atoms with Gasteiger partial charge < -0.3 is 13.6 Å². The van der Waals surface area contributed by atoms with Crippen LogP contribution in [0.4, 0.5) is 4.39 Å². The second-order valence-corrected chi connectivity index (χ2v) is 10.9. The molecule has 0 N–H and O–H groups in total. The number of rotatable bonds is 10. The molecular formula is C30H33FNO3P. The highest BCUT2D eigenvalue weighted by atomic mass is 31.2. The number of nitrogens with zero attached hydrogens (tertiary/aromatic N) is 1. The maximum atomic E-state index is 14.0. The second-order valence-electron chi connectivity index (χ2n) is 8.89. The Morgan fingerprint density at radius 2 is 1.25 bits per heavy atom. The van der Waals surface area contributed by atoms with Gasteiger partial charge in [0.1, 0.15) is 12.1 Å². The molecule has 4 aromatic rings. The summed E-state index contributed by atoms with van der Waals surface area (Å²) >= 11 is 0. The zero-order valence-corrected chi connectivity index (χ0v) is 22.2. The molecule has 3 aromatic carbocycles. The molecule has 0 aliphatic heterocycles. The van der Waals surface area contributed by atoms with Crippen LogP contribution in [0.25, 0.3) is 33.5 Å². The van der Waals surface area contributed by atoms with Gasteiger partial charge in [-0.3, -0.25) is 4.57 Å². The average molecular weight is 506 g/mol. The van der Waals surface area contributed by atoms with Crippen LogP contribution in [-0.2, 0) is 19.9 Å². The minimum atomic E-state index is -3.47. The maximum Gasteiger partial charge on any atom is 0.350 e. The van der Waals surface area contributed by atoms with Crippen LogP contribution in [0, 0.1) is 5.82 Å². The van der Waals surface area contributed by atoms with Crippen molar-refractivity contribution in [3.05, 3.63) is 96.4 Å². The molecule has 0 saturated carbocycles. The van der Waals surface area contributed by atoms with Crippen molar-refractivity contribution in [1.29, 1.82) is 0 Å². The Balaban J connectivity index is 2.15. The molecule has 0 amide bonds. The molecule has 0 saturated heterocycles. The molecule has 0 bridgehead atoms. The van der Waals surface area contributed by atoms with Gasteiger partial charge >= 0.3 is 7.60 Å². The zero-order valence-electron chi connectivity index (χ0n) is 21.3. The van der Waals surface area contributed by atoms with E-state index in [9.17, 15) is 8.96 Å². The monoisotopic (exact) mass is 505 g/mol. The number of hydrogen-bond acceptors (Lipinski definition) is 3. The summed E-state index contributed by atoms with van der Waals surface area (Å²) in [5, 5.41) is 0. The molecule has 0 fully saturated rings. The van der Waals surface area contributed by atoms with E-state index < -0.39 is 7.60 Å². The fourth-order valence-corrected chi connectivity index (χ4v) is 6.43. The molecule has 0 aliphatic carbocycles. The van der Waals surface area contributed by atoms with Gasteiger partial charge in [0.05, 0.1) is 18.9 Å². The SMILES string of the molecule is CCOP(=O)(Cn1c(-c2ccc(F)cc2)c(-c2ccccc2)c(-c2ccccc2)c1C(C)C)OCC. The molecular weight excluding hydrogens is 472 g/mol. The highest BCUT2D eigenvalue weighted by Crippen LogP contribution is 2.54. The summed E-state index contributed by atoms with van der Waals surface area (Å²) in [5.74, 6) is -0.214. The summed E-state index contributed by atoms with van der Waals surface area (Å²) in [6.07, 6.45) is 0.0571. The van der Waals surface area contributed by atoms with E-state index >= 15 is 0 Å². The van der Waals surface area contributed by atoms with Gasteiger partial charge in [-0.1, -0.05) is 74.5 Å². The molecule has 1 aromatic heterocycles. The molecule has 4 rings (SSSR count). The van der Waals surface area contributed by atoms with E-state index in [1.807, 2.05) is 50.2 Å². The number of aromatic nitrogens is 1. The van der Waals surface area contributed by atoms with Gasteiger partial charge in [-0.25, -0.2) is 4.39 Å². The minimum absolute atomic E-state index is 0.0571. The van der Waals surface area contributed by atoms with Crippen LogP contribution in [0.5, 0.6) is 0 Å². The molecule has 0 atom stereocenters. The molecule has 0 unspecified atom stereocenters. The summed E-state index contributed by atoms with van der Waals surface area (Å²) in [7, 11) is -3.47. The third-order valence-electron chi connectivity index (χ3n) is 6.06. The smallest absolute Gasteiger partial charge is 0.331 e. The Labute approximate surface area is 213 Å². The van der Waals surface area contributed by atoms with E-state index in [2.05, 4.69) is 42.7 Å². The quantitative estimate of drug-likeness (QED) is 0.202. The topological polar surface area (TPSA) is 40.5 Å². The second kappa shape index (κ2) is 11.4. The van der Waals surface area contributed by atoms with Crippen molar-refractivity contribution >= 4 is 7.60 Å². The molecule has 0 aliphatic rings. The van der Waals surface area contributed by atoms with Crippen molar-refractivity contribution in [3.8, 4) is 33.5 Å². The van der Waals surface area contributed by atoms with Crippen LogP contribution < -0.4 is 0 Å². The standard InChI is InChI=1S/C30H33FNO3P/c1-5-34-36(33,35-6-2)21-32-29(22(3)4)27(23-13-9-7-10-14-23)28(24-15-11-8-12-16-24)30(32)25-17-19-26(31)20-18-25/h7-20,22H,5-6,21H2,1-4H3. The normalized spacial score (nSPS) is 11.8. The summed E-state index contributed by atoms with van der Waals surface area (Å²) in [4.78, 5) is 0. The lowest BCUT2D eigenvalue weighted by atomic mass is 9.91. The van der Waals surface area contributed by atoms with Gasteiger partial charge in [-0.2, -0.15) is 0 Å². The summed E-state index contributed by atoms with van der Waals surface area (Å²) in [6.45, 7) is 8.45. The Morgan fingerprint density at radius 3 is 1.72 bits per heavy atom. The van der Waals surface area contributed by atoms with Gasteiger partial charge in [0.25, 0.3) is 0 Å². The van der Waals surface area contributed by atoms with E-state index in [4.69, 9.17) is 9.05 Å². The molecule has 4 nitrogen and oxygen atoms in total. The van der Waals surface area contributed by atoms with Crippen LogP contribution >= 0.6 is 7.60 Å². The van der Waals surface area contributed by atoms with Crippen LogP contribution in [-0.4, -0.2) is 17.8 Å². The molecule has 0 radical (unpaired) electrons. The fraction of sp³-hybridized carbons (Fsp3) is 0.267. The lowest BCUT2D eigenvalue weighted by Gasteiger charge is -2.23. The first-order valence-corrected chi connectivity index (χ1v) is 14.1. The zero-order chi connectivity index (χ0) is 25.7. The van der Waals surface area contributed by atoms with Crippen molar-refractivity contribution in [2.24, 2.45) is 0 Å². The molecule has 0 spiro atoms. The maximum absolute atomic E-state index is 14.0. The van der Waals surface area contributed by atoms with Crippen LogP contribution in [0.3, 0.4) is 0 Å². The molecule has 1 heterocycles. The molecule has 36 heavy (non-hydrogen) atoms.